The molecule has 0 atom stereocenters. The third kappa shape index (κ3) is 1.89. The van der Waals surface area contributed by atoms with Crippen LogP contribution in [-0.2, 0) is 0 Å². The molecular formula is C10H8ClFS. The topological polar surface area (TPSA) is 0 Å². The molecule has 0 spiro atoms. The molecule has 1 saturated carbocycles. The SMILES string of the molecule is Fc1cc(Cl)ccc1C(=S)C1CC1. The van der Waals surface area contributed by atoms with Crippen LogP contribution < -0.4 is 0 Å². The zero-order chi connectivity index (χ0) is 9.42. The molecule has 1 aliphatic rings. The lowest BCUT2D eigenvalue weighted by molar-refractivity contribution is 0.625. The lowest BCUT2D eigenvalue weighted by Gasteiger charge is -2.03. The van der Waals surface area contributed by atoms with Crippen LogP contribution in [0.15, 0.2) is 18.2 Å². The van der Waals surface area contributed by atoms with Crippen LogP contribution in [-0.4, -0.2) is 4.86 Å². The first kappa shape index (κ1) is 9.10. The normalized spacial score (nSPS) is 15.8. The van der Waals surface area contributed by atoms with Gasteiger partial charge < -0.3 is 0 Å². The van der Waals surface area contributed by atoms with Gasteiger partial charge in [-0.2, -0.15) is 0 Å². The van der Waals surface area contributed by atoms with Gasteiger partial charge in [-0.1, -0.05) is 23.8 Å². The maximum Gasteiger partial charge on any atom is 0.133 e. The maximum absolute atomic E-state index is 13.3. The molecule has 0 N–H and O–H groups in total. The smallest absolute Gasteiger partial charge is 0.133 e. The Morgan fingerprint density at radius 1 is 1.46 bits per heavy atom. The van der Waals surface area contributed by atoms with E-state index in [0.717, 1.165) is 17.7 Å². The van der Waals surface area contributed by atoms with E-state index in [-0.39, 0.29) is 5.82 Å². The van der Waals surface area contributed by atoms with Crippen LogP contribution in [0.5, 0.6) is 0 Å². The second kappa shape index (κ2) is 3.35. The van der Waals surface area contributed by atoms with Gasteiger partial charge in [0.2, 0.25) is 0 Å². The molecule has 0 amide bonds. The van der Waals surface area contributed by atoms with Gasteiger partial charge in [0.15, 0.2) is 0 Å². The summed E-state index contributed by atoms with van der Waals surface area (Å²) in [5.74, 6) is 0.120. The lowest BCUT2D eigenvalue weighted by atomic mass is 10.1. The zero-order valence-corrected chi connectivity index (χ0v) is 8.46. The fourth-order valence-electron chi connectivity index (χ4n) is 1.25. The summed E-state index contributed by atoms with van der Waals surface area (Å²) in [6, 6.07) is 4.65. The minimum Gasteiger partial charge on any atom is -0.206 e. The first-order valence-corrected chi connectivity index (χ1v) is 4.96. The number of halogens is 2. The van der Waals surface area contributed by atoms with Gasteiger partial charge in [-0.15, -0.1) is 0 Å². The summed E-state index contributed by atoms with van der Waals surface area (Å²) < 4.78 is 13.3. The molecule has 0 radical (unpaired) electrons. The quantitative estimate of drug-likeness (QED) is 0.536. The van der Waals surface area contributed by atoms with Gasteiger partial charge in [0.05, 0.1) is 0 Å². The Kier molecular flexibility index (Phi) is 2.35. The van der Waals surface area contributed by atoms with Crippen molar-refractivity contribution >= 4 is 28.7 Å². The van der Waals surface area contributed by atoms with Crippen molar-refractivity contribution < 1.29 is 4.39 Å². The average molecular weight is 215 g/mol. The van der Waals surface area contributed by atoms with Crippen LogP contribution in [0.1, 0.15) is 18.4 Å². The Balaban J connectivity index is 2.33. The molecule has 68 valence electrons. The molecule has 3 heteroatoms. The highest BCUT2D eigenvalue weighted by atomic mass is 35.5. The zero-order valence-electron chi connectivity index (χ0n) is 6.89. The van der Waals surface area contributed by atoms with Crippen molar-refractivity contribution in [2.75, 3.05) is 0 Å². The van der Waals surface area contributed by atoms with E-state index in [1.807, 2.05) is 0 Å². The molecule has 0 aromatic heterocycles. The molecular weight excluding hydrogens is 207 g/mol. The van der Waals surface area contributed by atoms with E-state index in [9.17, 15) is 4.39 Å². The maximum atomic E-state index is 13.3. The first-order chi connectivity index (χ1) is 6.18. The monoisotopic (exact) mass is 214 g/mol. The Morgan fingerprint density at radius 3 is 2.69 bits per heavy atom. The number of rotatable bonds is 2. The lowest BCUT2D eigenvalue weighted by Crippen LogP contribution is -2.02. The highest BCUT2D eigenvalue weighted by Crippen LogP contribution is 2.34. The van der Waals surface area contributed by atoms with Gasteiger partial charge in [0.25, 0.3) is 0 Å². The Morgan fingerprint density at radius 2 is 2.15 bits per heavy atom. The molecule has 0 unspecified atom stereocenters. The number of thiocarbonyl (C=S) groups is 1. The molecule has 0 bridgehead atoms. The molecule has 0 nitrogen and oxygen atoms in total. The van der Waals surface area contributed by atoms with Gasteiger partial charge in [-0.05, 0) is 37.0 Å². The summed E-state index contributed by atoms with van der Waals surface area (Å²) in [5, 5.41) is 0.417. The van der Waals surface area contributed by atoms with Gasteiger partial charge >= 0.3 is 0 Å². The fourth-order valence-corrected chi connectivity index (χ4v) is 1.81. The highest BCUT2D eigenvalue weighted by molar-refractivity contribution is 7.80. The van der Waals surface area contributed by atoms with E-state index in [1.165, 1.54) is 6.07 Å². The van der Waals surface area contributed by atoms with Crippen molar-refractivity contribution in [1.82, 2.24) is 0 Å². The number of hydrogen-bond donors (Lipinski definition) is 0. The Bertz CT molecular complexity index is 358. The van der Waals surface area contributed by atoms with E-state index < -0.39 is 0 Å². The minimum absolute atomic E-state index is 0.301. The van der Waals surface area contributed by atoms with Crippen molar-refractivity contribution in [3.63, 3.8) is 0 Å². The van der Waals surface area contributed by atoms with E-state index >= 15 is 0 Å². The Labute approximate surface area is 86.7 Å². The first-order valence-electron chi connectivity index (χ1n) is 4.18. The van der Waals surface area contributed by atoms with Gasteiger partial charge in [0, 0.05) is 15.5 Å². The molecule has 1 fully saturated rings. The van der Waals surface area contributed by atoms with Crippen LogP contribution in [0, 0.1) is 11.7 Å². The average Bonchev–Trinajstić information content (AvgIpc) is 2.85. The summed E-state index contributed by atoms with van der Waals surface area (Å²) in [4.78, 5) is 0.745. The fraction of sp³-hybridized carbons (Fsp3) is 0.300. The molecule has 1 aromatic rings. The van der Waals surface area contributed by atoms with Crippen molar-refractivity contribution in [2.45, 2.75) is 12.8 Å². The van der Waals surface area contributed by atoms with Crippen LogP contribution in [0.4, 0.5) is 4.39 Å². The van der Waals surface area contributed by atoms with Crippen LogP contribution in [0.3, 0.4) is 0 Å². The van der Waals surface area contributed by atoms with Gasteiger partial charge in [-0.25, -0.2) is 4.39 Å². The Hall–Kier alpha value is -0.470. The minimum atomic E-state index is -0.301. The predicted octanol–water partition coefficient (Wildman–Crippen LogP) is 3.61. The summed E-state index contributed by atoms with van der Waals surface area (Å²) >= 11 is 10.8. The van der Waals surface area contributed by atoms with Gasteiger partial charge in [-0.3, -0.25) is 0 Å². The summed E-state index contributed by atoms with van der Waals surface area (Å²) in [7, 11) is 0. The van der Waals surface area contributed by atoms with Crippen LogP contribution >= 0.6 is 23.8 Å². The predicted molar refractivity (Wildman–Crippen MR) is 55.8 cm³/mol. The summed E-state index contributed by atoms with van der Waals surface area (Å²) in [6.07, 6.45) is 2.20. The third-order valence-corrected chi connectivity index (χ3v) is 2.93. The van der Waals surface area contributed by atoms with E-state index in [2.05, 4.69) is 0 Å². The van der Waals surface area contributed by atoms with Gasteiger partial charge in [0.1, 0.15) is 5.82 Å². The summed E-state index contributed by atoms with van der Waals surface area (Å²) in [5.41, 5.74) is 0.543. The molecule has 1 aromatic carbocycles. The second-order valence-corrected chi connectivity index (χ2v) is 4.14. The van der Waals surface area contributed by atoms with Crippen LogP contribution in [0.2, 0.25) is 5.02 Å². The highest BCUT2D eigenvalue weighted by Gasteiger charge is 2.28. The van der Waals surface area contributed by atoms with Crippen molar-refractivity contribution in [3.05, 3.63) is 34.6 Å². The second-order valence-electron chi connectivity index (χ2n) is 3.26. The standard InChI is InChI=1S/C10H8ClFS/c11-7-3-4-8(9(12)5-7)10(13)6-1-2-6/h3-6H,1-2H2. The third-order valence-electron chi connectivity index (χ3n) is 2.14. The molecule has 1 aliphatic carbocycles. The van der Waals surface area contributed by atoms with E-state index in [4.69, 9.17) is 23.8 Å². The molecule has 0 heterocycles. The van der Waals surface area contributed by atoms with Crippen LogP contribution in [0.25, 0.3) is 0 Å². The molecule has 0 aliphatic heterocycles. The summed E-state index contributed by atoms with van der Waals surface area (Å²) in [6.45, 7) is 0. The van der Waals surface area contributed by atoms with E-state index in [1.54, 1.807) is 12.1 Å². The van der Waals surface area contributed by atoms with Crippen molar-refractivity contribution in [1.29, 1.82) is 0 Å². The largest absolute Gasteiger partial charge is 0.206 e. The number of hydrogen-bond acceptors (Lipinski definition) is 1. The van der Waals surface area contributed by atoms with Crippen molar-refractivity contribution in [3.8, 4) is 0 Å². The van der Waals surface area contributed by atoms with E-state index in [0.29, 0.717) is 16.5 Å². The molecule has 13 heavy (non-hydrogen) atoms. The molecule has 0 saturated heterocycles. The van der Waals surface area contributed by atoms with Crippen molar-refractivity contribution in [2.24, 2.45) is 5.92 Å². The molecule has 2 rings (SSSR count). The number of benzene rings is 1.